The quantitative estimate of drug-likeness (QED) is 0.627. The summed E-state index contributed by atoms with van der Waals surface area (Å²) in [6, 6.07) is 19.2. The SMILES string of the molecule is CCC(CC)NC(=O)N1CCN(Cc2nc3ccccc3n2Cc2ccccc2)CC1. The van der Waals surface area contributed by atoms with Crippen LogP contribution in [0.5, 0.6) is 0 Å². The Morgan fingerprint density at radius 3 is 2.32 bits per heavy atom. The maximum atomic E-state index is 12.5. The number of rotatable bonds is 7. The summed E-state index contributed by atoms with van der Waals surface area (Å²) in [5, 5.41) is 3.16. The first kappa shape index (κ1) is 21.4. The van der Waals surface area contributed by atoms with Gasteiger partial charge in [0.05, 0.1) is 17.6 Å². The molecule has 1 saturated heterocycles. The summed E-state index contributed by atoms with van der Waals surface area (Å²) in [6.45, 7) is 9.09. The second-order valence-corrected chi connectivity index (χ2v) is 8.31. The van der Waals surface area contributed by atoms with Crippen LogP contribution in [0.3, 0.4) is 0 Å². The number of hydrogen-bond acceptors (Lipinski definition) is 3. The largest absolute Gasteiger partial charge is 0.335 e. The Hall–Kier alpha value is -2.86. The molecular formula is C25H33N5O. The van der Waals surface area contributed by atoms with Gasteiger partial charge in [-0.3, -0.25) is 4.90 Å². The molecule has 1 N–H and O–H groups in total. The van der Waals surface area contributed by atoms with Gasteiger partial charge in [-0.2, -0.15) is 0 Å². The molecule has 0 radical (unpaired) electrons. The van der Waals surface area contributed by atoms with Crippen LogP contribution in [0, 0.1) is 0 Å². The molecule has 1 aliphatic rings. The maximum Gasteiger partial charge on any atom is 0.317 e. The third-order valence-corrected chi connectivity index (χ3v) is 6.25. The van der Waals surface area contributed by atoms with E-state index in [0.717, 1.165) is 63.5 Å². The average molecular weight is 420 g/mol. The lowest BCUT2D eigenvalue weighted by Crippen LogP contribution is -2.53. The molecule has 0 bridgehead atoms. The molecule has 31 heavy (non-hydrogen) atoms. The highest BCUT2D eigenvalue weighted by molar-refractivity contribution is 5.76. The number of amides is 2. The van der Waals surface area contributed by atoms with Gasteiger partial charge >= 0.3 is 6.03 Å². The molecule has 0 spiro atoms. The highest BCUT2D eigenvalue weighted by Gasteiger charge is 2.23. The van der Waals surface area contributed by atoms with Gasteiger partial charge in [-0.1, -0.05) is 56.3 Å². The molecule has 0 unspecified atom stereocenters. The van der Waals surface area contributed by atoms with E-state index in [9.17, 15) is 4.79 Å². The zero-order valence-electron chi connectivity index (χ0n) is 18.6. The van der Waals surface area contributed by atoms with Crippen LogP contribution in [0.2, 0.25) is 0 Å². The molecule has 2 amide bonds. The van der Waals surface area contributed by atoms with Gasteiger partial charge in [0, 0.05) is 38.8 Å². The normalized spacial score (nSPS) is 15.0. The van der Waals surface area contributed by atoms with Gasteiger partial charge in [-0.05, 0) is 30.5 Å². The number of fused-ring (bicyclic) bond motifs is 1. The Kier molecular flexibility index (Phi) is 6.87. The van der Waals surface area contributed by atoms with Gasteiger partial charge in [0.25, 0.3) is 0 Å². The topological polar surface area (TPSA) is 53.4 Å². The van der Waals surface area contributed by atoms with E-state index in [1.807, 2.05) is 11.0 Å². The smallest absolute Gasteiger partial charge is 0.317 e. The van der Waals surface area contributed by atoms with E-state index in [4.69, 9.17) is 4.98 Å². The predicted octanol–water partition coefficient (Wildman–Crippen LogP) is 4.10. The molecule has 4 rings (SSSR count). The molecular weight excluding hydrogens is 386 g/mol. The van der Waals surface area contributed by atoms with Crippen molar-refractivity contribution in [2.45, 2.75) is 45.8 Å². The highest BCUT2D eigenvalue weighted by Crippen LogP contribution is 2.20. The van der Waals surface area contributed by atoms with Crippen LogP contribution in [0.15, 0.2) is 54.6 Å². The first-order valence-electron chi connectivity index (χ1n) is 11.4. The van der Waals surface area contributed by atoms with Gasteiger partial charge in [-0.15, -0.1) is 0 Å². The molecule has 6 heteroatoms. The van der Waals surface area contributed by atoms with Crippen LogP contribution < -0.4 is 5.32 Å². The van der Waals surface area contributed by atoms with E-state index >= 15 is 0 Å². The molecule has 1 aliphatic heterocycles. The first-order chi connectivity index (χ1) is 15.2. The molecule has 0 saturated carbocycles. The minimum absolute atomic E-state index is 0.0738. The van der Waals surface area contributed by atoms with Gasteiger partial charge < -0.3 is 14.8 Å². The minimum atomic E-state index is 0.0738. The van der Waals surface area contributed by atoms with Crippen molar-refractivity contribution < 1.29 is 4.79 Å². The van der Waals surface area contributed by atoms with Gasteiger partial charge in [0.2, 0.25) is 0 Å². The number of benzene rings is 2. The van der Waals surface area contributed by atoms with Crippen LogP contribution >= 0.6 is 0 Å². The molecule has 6 nitrogen and oxygen atoms in total. The summed E-state index contributed by atoms with van der Waals surface area (Å²) >= 11 is 0. The van der Waals surface area contributed by atoms with Crippen molar-refractivity contribution in [2.75, 3.05) is 26.2 Å². The molecule has 1 fully saturated rings. The van der Waals surface area contributed by atoms with Gasteiger partial charge in [-0.25, -0.2) is 9.78 Å². The molecule has 1 aromatic heterocycles. The standard InChI is InChI=1S/C25H33N5O/c1-3-21(4-2)26-25(31)29-16-14-28(15-17-29)19-24-27-22-12-8-9-13-23(22)30(24)18-20-10-6-5-7-11-20/h5-13,21H,3-4,14-19H2,1-2H3,(H,26,31). The highest BCUT2D eigenvalue weighted by atomic mass is 16.2. The number of hydrogen-bond donors (Lipinski definition) is 1. The summed E-state index contributed by atoms with van der Waals surface area (Å²) in [6.07, 6.45) is 1.94. The number of aromatic nitrogens is 2. The molecule has 164 valence electrons. The average Bonchev–Trinajstić information content (AvgIpc) is 3.15. The number of urea groups is 1. The number of carbonyl (C=O) groups excluding carboxylic acids is 1. The Bertz CT molecular complexity index is 988. The van der Waals surface area contributed by atoms with Crippen molar-refractivity contribution in [3.05, 3.63) is 66.0 Å². The lowest BCUT2D eigenvalue weighted by atomic mass is 10.2. The third kappa shape index (κ3) is 5.07. The van der Waals surface area contributed by atoms with Crippen LogP contribution in [-0.2, 0) is 13.1 Å². The van der Waals surface area contributed by atoms with Crippen LogP contribution in [0.25, 0.3) is 11.0 Å². The van der Waals surface area contributed by atoms with Crippen molar-refractivity contribution in [2.24, 2.45) is 0 Å². The lowest BCUT2D eigenvalue weighted by molar-refractivity contribution is 0.130. The van der Waals surface area contributed by atoms with E-state index < -0.39 is 0 Å². The molecule has 2 aromatic carbocycles. The summed E-state index contributed by atoms with van der Waals surface area (Å²) in [5.41, 5.74) is 3.48. The van der Waals surface area contributed by atoms with E-state index in [1.165, 1.54) is 11.1 Å². The Balaban J connectivity index is 1.44. The second-order valence-electron chi connectivity index (χ2n) is 8.31. The van der Waals surface area contributed by atoms with Crippen molar-refractivity contribution in [1.29, 1.82) is 0 Å². The number of carbonyl (C=O) groups is 1. The zero-order valence-corrected chi connectivity index (χ0v) is 18.6. The van der Waals surface area contributed by atoms with Crippen LogP contribution in [-0.4, -0.2) is 57.6 Å². The monoisotopic (exact) mass is 419 g/mol. The molecule has 3 aromatic rings. The van der Waals surface area contributed by atoms with E-state index in [0.29, 0.717) is 0 Å². The van der Waals surface area contributed by atoms with Gasteiger partial charge in [0.1, 0.15) is 5.82 Å². The van der Waals surface area contributed by atoms with Crippen LogP contribution in [0.4, 0.5) is 4.79 Å². The molecule has 2 heterocycles. The van der Waals surface area contributed by atoms with E-state index in [2.05, 4.69) is 77.2 Å². The summed E-state index contributed by atoms with van der Waals surface area (Å²) in [4.78, 5) is 21.8. The summed E-state index contributed by atoms with van der Waals surface area (Å²) in [7, 11) is 0. The van der Waals surface area contributed by atoms with Crippen molar-refractivity contribution in [3.63, 3.8) is 0 Å². The Morgan fingerprint density at radius 1 is 0.935 bits per heavy atom. The maximum absolute atomic E-state index is 12.5. The number of nitrogens with zero attached hydrogens (tertiary/aromatic N) is 4. The fourth-order valence-corrected chi connectivity index (χ4v) is 4.26. The van der Waals surface area contributed by atoms with E-state index in [1.54, 1.807) is 0 Å². The Labute approximate surface area is 184 Å². The fraction of sp³-hybridized carbons (Fsp3) is 0.440. The minimum Gasteiger partial charge on any atom is -0.335 e. The number of imidazole rings is 1. The Morgan fingerprint density at radius 2 is 1.61 bits per heavy atom. The number of piperazine rings is 1. The van der Waals surface area contributed by atoms with E-state index in [-0.39, 0.29) is 12.1 Å². The summed E-state index contributed by atoms with van der Waals surface area (Å²) < 4.78 is 2.33. The van der Waals surface area contributed by atoms with Crippen molar-refractivity contribution in [3.8, 4) is 0 Å². The van der Waals surface area contributed by atoms with Crippen molar-refractivity contribution >= 4 is 17.1 Å². The lowest BCUT2D eigenvalue weighted by Gasteiger charge is -2.35. The zero-order chi connectivity index (χ0) is 21.6. The third-order valence-electron chi connectivity index (χ3n) is 6.25. The number of nitrogens with one attached hydrogen (secondary N) is 1. The van der Waals surface area contributed by atoms with Crippen molar-refractivity contribution in [1.82, 2.24) is 24.7 Å². The first-order valence-corrected chi connectivity index (χ1v) is 11.4. The number of para-hydroxylation sites is 2. The van der Waals surface area contributed by atoms with Gasteiger partial charge in [0.15, 0.2) is 0 Å². The molecule has 0 atom stereocenters. The summed E-state index contributed by atoms with van der Waals surface area (Å²) in [5.74, 6) is 1.08. The molecule has 0 aliphatic carbocycles. The second kappa shape index (κ2) is 9.96. The van der Waals surface area contributed by atoms with Crippen LogP contribution in [0.1, 0.15) is 38.1 Å². The predicted molar refractivity (Wildman–Crippen MR) is 125 cm³/mol. The fourth-order valence-electron chi connectivity index (χ4n) is 4.26.